The number of ether oxygens (including phenoxy) is 1. The number of hydrogen-bond donors (Lipinski definition) is 1. The third-order valence-electron chi connectivity index (χ3n) is 1.36. The molecule has 0 aliphatic heterocycles. The number of esters is 1. The van der Waals surface area contributed by atoms with Gasteiger partial charge in [0.2, 0.25) is 0 Å². The fraction of sp³-hybridized carbons (Fsp3) is 0.556. The summed E-state index contributed by atoms with van der Waals surface area (Å²) in [7, 11) is 0. The van der Waals surface area contributed by atoms with Crippen LogP contribution in [0.4, 0.5) is 5.69 Å². The Bertz CT molecular complexity index is 330. The molecule has 0 aliphatic carbocycles. The van der Waals surface area contributed by atoms with Crippen molar-refractivity contribution in [2.45, 2.75) is 32.9 Å². The molecule has 2 N–H and O–H groups in total. The van der Waals surface area contributed by atoms with Crippen LogP contribution in [0.2, 0.25) is 0 Å². The molecule has 0 unspecified atom stereocenters. The number of nitrogens with zero attached hydrogens (tertiary/aromatic N) is 2. The fourth-order valence-corrected chi connectivity index (χ4v) is 0.972. The first-order valence-electron chi connectivity index (χ1n) is 4.36. The molecule has 0 fully saturated rings. The normalized spacial score (nSPS) is 10.6. The predicted octanol–water partition coefficient (Wildman–Crippen LogP) is 1.23. The second-order valence-corrected chi connectivity index (χ2v) is 4.06. The van der Waals surface area contributed by atoms with Crippen molar-refractivity contribution >= 4 is 24.1 Å². The van der Waals surface area contributed by atoms with E-state index in [4.69, 9.17) is 10.5 Å². The standard InChI is InChI=1S/C9H15N3O2.ClH/c1-9(2,3)14-8(13)6-12-5-7(10)4-11-12;/h4-5H,6,10H2,1-3H3;1H. The lowest BCUT2D eigenvalue weighted by atomic mass is 10.2. The van der Waals surface area contributed by atoms with Crippen molar-refractivity contribution < 1.29 is 9.53 Å². The molecule has 0 saturated carbocycles. The zero-order valence-electron chi connectivity index (χ0n) is 9.06. The summed E-state index contributed by atoms with van der Waals surface area (Å²) >= 11 is 0. The van der Waals surface area contributed by atoms with Gasteiger partial charge in [0.1, 0.15) is 12.1 Å². The predicted molar refractivity (Wildman–Crippen MR) is 59.7 cm³/mol. The van der Waals surface area contributed by atoms with Crippen molar-refractivity contribution in [3.63, 3.8) is 0 Å². The molecule has 0 aromatic carbocycles. The molecule has 0 aliphatic rings. The van der Waals surface area contributed by atoms with Gasteiger partial charge in [0.25, 0.3) is 0 Å². The maximum Gasteiger partial charge on any atom is 0.328 e. The molecule has 0 radical (unpaired) electrons. The number of anilines is 1. The summed E-state index contributed by atoms with van der Waals surface area (Å²) in [5.41, 5.74) is 5.52. The summed E-state index contributed by atoms with van der Waals surface area (Å²) in [6, 6.07) is 0. The van der Waals surface area contributed by atoms with Crippen molar-refractivity contribution in [1.29, 1.82) is 0 Å². The second kappa shape index (κ2) is 5.02. The minimum Gasteiger partial charge on any atom is -0.459 e. The first-order valence-corrected chi connectivity index (χ1v) is 4.36. The highest BCUT2D eigenvalue weighted by Gasteiger charge is 2.16. The van der Waals surface area contributed by atoms with Crippen LogP contribution in [0.25, 0.3) is 0 Å². The highest BCUT2D eigenvalue weighted by molar-refractivity contribution is 5.85. The van der Waals surface area contributed by atoms with Crippen LogP contribution in [0.5, 0.6) is 0 Å². The lowest BCUT2D eigenvalue weighted by molar-refractivity contribution is -0.155. The molecule has 86 valence electrons. The number of rotatable bonds is 2. The Labute approximate surface area is 95.0 Å². The average Bonchev–Trinajstić information content (AvgIpc) is 2.30. The first kappa shape index (κ1) is 13.8. The molecular formula is C9H16ClN3O2. The summed E-state index contributed by atoms with van der Waals surface area (Å²) in [6.45, 7) is 5.56. The summed E-state index contributed by atoms with van der Waals surface area (Å²) in [5.74, 6) is -0.319. The van der Waals surface area contributed by atoms with E-state index in [1.807, 2.05) is 20.8 Å². The van der Waals surface area contributed by atoms with E-state index in [1.54, 1.807) is 6.20 Å². The van der Waals surface area contributed by atoms with Crippen LogP contribution in [0.1, 0.15) is 20.8 Å². The highest BCUT2D eigenvalue weighted by Crippen LogP contribution is 2.07. The molecule has 0 bridgehead atoms. The van der Waals surface area contributed by atoms with Gasteiger partial charge < -0.3 is 10.5 Å². The summed E-state index contributed by atoms with van der Waals surface area (Å²) in [6.07, 6.45) is 3.08. The van der Waals surface area contributed by atoms with Crippen LogP contribution < -0.4 is 5.73 Å². The maximum atomic E-state index is 11.3. The van der Waals surface area contributed by atoms with Gasteiger partial charge in [-0.05, 0) is 20.8 Å². The molecule has 0 spiro atoms. The Balaban J connectivity index is 0.00000196. The van der Waals surface area contributed by atoms with Crippen molar-refractivity contribution in [2.24, 2.45) is 0 Å². The van der Waals surface area contributed by atoms with Gasteiger partial charge in [0, 0.05) is 6.20 Å². The van der Waals surface area contributed by atoms with E-state index in [2.05, 4.69) is 5.10 Å². The maximum absolute atomic E-state index is 11.3. The van der Waals surface area contributed by atoms with Crippen LogP contribution in [-0.2, 0) is 16.1 Å². The Hall–Kier alpha value is -1.23. The van der Waals surface area contributed by atoms with E-state index in [1.165, 1.54) is 10.9 Å². The van der Waals surface area contributed by atoms with Gasteiger partial charge in [0.05, 0.1) is 11.9 Å². The SMILES string of the molecule is CC(C)(C)OC(=O)Cn1cc(N)cn1.Cl. The number of aromatic nitrogens is 2. The third-order valence-corrected chi connectivity index (χ3v) is 1.36. The highest BCUT2D eigenvalue weighted by atomic mass is 35.5. The van der Waals surface area contributed by atoms with Gasteiger partial charge in [0.15, 0.2) is 0 Å². The van der Waals surface area contributed by atoms with Gasteiger partial charge in [-0.25, -0.2) is 0 Å². The largest absolute Gasteiger partial charge is 0.459 e. The Kier molecular flexibility index (Phi) is 4.61. The number of carbonyl (C=O) groups excluding carboxylic acids is 1. The smallest absolute Gasteiger partial charge is 0.328 e. The molecule has 1 heterocycles. The third kappa shape index (κ3) is 5.27. The van der Waals surface area contributed by atoms with Crippen LogP contribution in [-0.4, -0.2) is 21.4 Å². The molecule has 1 rings (SSSR count). The van der Waals surface area contributed by atoms with E-state index < -0.39 is 5.60 Å². The van der Waals surface area contributed by atoms with Gasteiger partial charge >= 0.3 is 5.97 Å². The number of nitrogens with two attached hydrogens (primary N) is 1. The molecule has 15 heavy (non-hydrogen) atoms. The van der Waals surface area contributed by atoms with Gasteiger partial charge in [-0.15, -0.1) is 12.4 Å². The summed E-state index contributed by atoms with van der Waals surface area (Å²) in [4.78, 5) is 11.3. The molecule has 0 saturated heterocycles. The zero-order chi connectivity index (χ0) is 10.8. The molecule has 1 aromatic rings. The van der Waals surface area contributed by atoms with Crippen LogP contribution in [0.15, 0.2) is 12.4 Å². The molecule has 5 nitrogen and oxygen atoms in total. The molecule has 0 atom stereocenters. The Morgan fingerprint density at radius 3 is 2.60 bits per heavy atom. The van der Waals surface area contributed by atoms with Gasteiger partial charge in [-0.2, -0.15) is 5.10 Å². The topological polar surface area (TPSA) is 70.1 Å². The number of nitrogen functional groups attached to an aromatic ring is 1. The minimum absolute atomic E-state index is 0. The van der Waals surface area contributed by atoms with Crippen molar-refractivity contribution in [3.05, 3.63) is 12.4 Å². The van der Waals surface area contributed by atoms with Crippen LogP contribution in [0, 0.1) is 0 Å². The van der Waals surface area contributed by atoms with Crippen molar-refractivity contribution in [3.8, 4) is 0 Å². The molecular weight excluding hydrogens is 218 g/mol. The molecule has 0 amide bonds. The van der Waals surface area contributed by atoms with Crippen molar-refractivity contribution in [2.75, 3.05) is 5.73 Å². The van der Waals surface area contributed by atoms with Crippen LogP contribution >= 0.6 is 12.4 Å². The monoisotopic (exact) mass is 233 g/mol. The summed E-state index contributed by atoms with van der Waals surface area (Å²) in [5, 5.41) is 3.88. The molecule has 6 heteroatoms. The van der Waals surface area contributed by atoms with E-state index in [0.29, 0.717) is 5.69 Å². The summed E-state index contributed by atoms with van der Waals surface area (Å²) < 4.78 is 6.56. The minimum atomic E-state index is -0.463. The Morgan fingerprint density at radius 1 is 1.60 bits per heavy atom. The number of hydrogen-bond acceptors (Lipinski definition) is 4. The van der Waals surface area contributed by atoms with E-state index >= 15 is 0 Å². The fourth-order valence-electron chi connectivity index (χ4n) is 0.972. The number of halogens is 1. The van der Waals surface area contributed by atoms with E-state index in [0.717, 1.165) is 0 Å². The lowest BCUT2D eigenvalue weighted by Crippen LogP contribution is -2.26. The quantitative estimate of drug-likeness (QED) is 0.780. The zero-order valence-corrected chi connectivity index (χ0v) is 9.87. The Morgan fingerprint density at radius 2 is 2.20 bits per heavy atom. The van der Waals surface area contributed by atoms with Gasteiger partial charge in [-0.1, -0.05) is 0 Å². The average molecular weight is 234 g/mol. The van der Waals surface area contributed by atoms with Crippen LogP contribution in [0.3, 0.4) is 0 Å². The first-order chi connectivity index (χ1) is 6.37. The lowest BCUT2D eigenvalue weighted by Gasteiger charge is -2.19. The molecule has 1 aromatic heterocycles. The van der Waals surface area contributed by atoms with Crippen molar-refractivity contribution in [1.82, 2.24) is 9.78 Å². The van der Waals surface area contributed by atoms with E-state index in [9.17, 15) is 4.79 Å². The number of carbonyl (C=O) groups is 1. The second-order valence-electron chi connectivity index (χ2n) is 4.06. The van der Waals surface area contributed by atoms with E-state index in [-0.39, 0.29) is 24.9 Å². The van der Waals surface area contributed by atoms with Gasteiger partial charge in [-0.3, -0.25) is 9.48 Å².